The molecule has 2 aromatic heterocycles. The van der Waals surface area contributed by atoms with E-state index in [2.05, 4.69) is 15.6 Å². The molecule has 0 fully saturated rings. The van der Waals surface area contributed by atoms with Gasteiger partial charge in [-0.2, -0.15) is 0 Å². The number of ether oxygens (including phenoxy) is 2. The first kappa shape index (κ1) is 23.3. The van der Waals surface area contributed by atoms with Gasteiger partial charge in [-0.15, -0.1) is 0 Å². The van der Waals surface area contributed by atoms with E-state index in [0.717, 1.165) is 0 Å². The van der Waals surface area contributed by atoms with Crippen molar-refractivity contribution in [1.82, 2.24) is 20.2 Å². The highest BCUT2D eigenvalue weighted by Crippen LogP contribution is 2.35. The minimum absolute atomic E-state index is 0.0282. The van der Waals surface area contributed by atoms with Gasteiger partial charge in [-0.1, -0.05) is 19.9 Å². The molecule has 4 rings (SSSR count). The van der Waals surface area contributed by atoms with Crippen molar-refractivity contribution >= 4 is 22.7 Å². The molecule has 0 bridgehead atoms. The maximum atomic E-state index is 13.2. The van der Waals surface area contributed by atoms with Crippen LogP contribution in [0, 0.1) is 5.92 Å². The van der Waals surface area contributed by atoms with Crippen LogP contribution in [0.5, 0.6) is 11.5 Å². The molecule has 1 aliphatic heterocycles. The van der Waals surface area contributed by atoms with Crippen LogP contribution in [0.4, 0.5) is 0 Å². The number of pyridine rings is 2. The molecule has 3 heterocycles. The van der Waals surface area contributed by atoms with E-state index < -0.39 is 17.4 Å². The van der Waals surface area contributed by atoms with Gasteiger partial charge in [0.2, 0.25) is 18.1 Å². The summed E-state index contributed by atoms with van der Waals surface area (Å²) in [6.45, 7) is 6.72. The molecule has 2 N–H and O–H groups in total. The number of aryl methyl sites for hydroxylation is 1. The van der Waals surface area contributed by atoms with Crippen molar-refractivity contribution in [3.05, 3.63) is 64.2 Å². The number of rotatable bonds is 8. The third-order valence-corrected chi connectivity index (χ3v) is 5.66. The van der Waals surface area contributed by atoms with Crippen LogP contribution in [0.2, 0.25) is 0 Å². The van der Waals surface area contributed by atoms with Crippen LogP contribution < -0.4 is 25.5 Å². The second kappa shape index (κ2) is 9.94. The molecular weight excluding hydrogens is 436 g/mol. The Morgan fingerprint density at radius 2 is 1.94 bits per heavy atom. The van der Waals surface area contributed by atoms with Gasteiger partial charge in [-0.25, -0.2) is 0 Å². The molecule has 0 saturated carbocycles. The van der Waals surface area contributed by atoms with Crippen molar-refractivity contribution in [3.8, 4) is 11.5 Å². The number of amides is 2. The van der Waals surface area contributed by atoms with Gasteiger partial charge < -0.3 is 24.7 Å². The minimum Gasteiger partial charge on any atom is -0.454 e. The van der Waals surface area contributed by atoms with Gasteiger partial charge in [0.15, 0.2) is 11.5 Å². The Labute approximate surface area is 197 Å². The number of fused-ring (bicyclic) bond motifs is 2. The molecule has 2 amide bonds. The lowest BCUT2D eigenvalue weighted by molar-refractivity contribution is -0.123. The monoisotopic (exact) mass is 464 g/mol. The quantitative estimate of drug-likeness (QED) is 0.530. The number of benzene rings is 1. The van der Waals surface area contributed by atoms with E-state index in [0.29, 0.717) is 41.1 Å². The van der Waals surface area contributed by atoms with Crippen LogP contribution in [0.1, 0.15) is 43.2 Å². The van der Waals surface area contributed by atoms with Crippen molar-refractivity contribution < 1.29 is 19.1 Å². The molecule has 0 radical (unpaired) electrons. The molecule has 0 aliphatic carbocycles. The lowest BCUT2D eigenvalue weighted by atomic mass is 10.0. The predicted molar refractivity (Wildman–Crippen MR) is 127 cm³/mol. The van der Waals surface area contributed by atoms with Gasteiger partial charge in [0.05, 0.1) is 23.1 Å². The average molecular weight is 465 g/mol. The number of nitrogens with one attached hydrogen (secondary N) is 2. The Morgan fingerprint density at radius 3 is 2.62 bits per heavy atom. The molecule has 9 nitrogen and oxygen atoms in total. The first-order valence-corrected chi connectivity index (χ1v) is 11.3. The largest absolute Gasteiger partial charge is 0.454 e. The van der Waals surface area contributed by atoms with Crippen molar-refractivity contribution in [1.29, 1.82) is 0 Å². The Balaban J connectivity index is 1.60. The molecule has 9 heteroatoms. The van der Waals surface area contributed by atoms with E-state index in [-0.39, 0.29) is 30.7 Å². The zero-order valence-corrected chi connectivity index (χ0v) is 19.5. The molecule has 0 saturated heterocycles. The van der Waals surface area contributed by atoms with Crippen LogP contribution in [0.3, 0.4) is 0 Å². The first-order chi connectivity index (χ1) is 16.4. The Bertz CT molecular complexity index is 1270. The fourth-order valence-corrected chi connectivity index (χ4v) is 3.95. The molecular formula is C25H28N4O5. The Kier molecular flexibility index (Phi) is 6.81. The third kappa shape index (κ3) is 4.88. The van der Waals surface area contributed by atoms with E-state index in [1.54, 1.807) is 24.4 Å². The van der Waals surface area contributed by atoms with Crippen LogP contribution in [-0.4, -0.2) is 34.2 Å². The molecule has 3 aromatic rings. The number of carbonyl (C=O) groups is 2. The summed E-state index contributed by atoms with van der Waals surface area (Å²) < 4.78 is 12.6. The topological polar surface area (TPSA) is 112 Å². The predicted octanol–water partition coefficient (Wildman–Crippen LogP) is 2.61. The lowest BCUT2D eigenvalue weighted by Gasteiger charge is -2.20. The van der Waals surface area contributed by atoms with Crippen molar-refractivity contribution in [3.63, 3.8) is 0 Å². The molecule has 1 aliphatic rings. The summed E-state index contributed by atoms with van der Waals surface area (Å²) in [5.41, 5.74) is 0.914. The maximum Gasteiger partial charge on any atom is 0.257 e. The second-order valence-electron chi connectivity index (χ2n) is 8.58. The van der Waals surface area contributed by atoms with E-state index >= 15 is 0 Å². The summed E-state index contributed by atoms with van der Waals surface area (Å²) in [6.07, 6.45) is 3.61. The van der Waals surface area contributed by atoms with Crippen molar-refractivity contribution in [2.24, 2.45) is 5.92 Å². The molecule has 178 valence electrons. The number of aromatic nitrogens is 2. The number of hydrogen-bond acceptors (Lipinski definition) is 6. The number of nitrogens with zero attached hydrogens (tertiary/aromatic N) is 2. The summed E-state index contributed by atoms with van der Waals surface area (Å²) >= 11 is 0. The summed E-state index contributed by atoms with van der Waals surface area (Å²) in [4.78, 5) is 43.6. The zero-order chi connectivity index (χ0) is 24.2. The van der Waals surface area contributed by atoms with Crippen molar-refractivity contribution in [2.45, 2.75) is 46.3 Å². The molecule has 0 spiro atoms. The Morgan fingerprint density at radius 1 is 1.18 bits per heavy atom. The summed E-state index contributed by atoms with van der Waals surface area (Å²) in [5, 5.41) is 5.96. The second-order valence-corrected chi connectivity index (χ2v) is 8.58. The average Bonchev–Trinajstić information content (AvgIpc) is 3.29. The molecule has 1 aromatic carbocycles. The maximum absolute atomic E-state index is 13.2. The van der Waals surface area contributed by atoms with Crippen molar-refractivity contribution in [2.75, 3.05) is 6.79 Å². The van der Waals surface area contributed by atoms with Crippen LogP contribution >= 0.6 is 0 Å². The SMILES string of the molecule is CCn1cc(C(=O)NC(CC(C)C)C(=O)NCc2ccccn2)c(=O)c2cc3c(cc21)OCO3. The first-order valence-electron chi connectivity index (χ1n) is 11.3. The van der Waals surface area contributed by atoms with E-state index in [4.69, 9.17) is 9.47 Å². The van der Waals surface area contributed by atoms with Crippen LogP contribution in [-0.2, 0) is 17.9 Å². The fraction of sp³-hybridized carbons (Fsp3) is 0.360. The normalized spacial score (nSPS) is 13.2. The lowest BCUT2D eigenvalue weighted by Crippen LogP contribution is -2.48. The fourth-order valence-electron chi connectivity index (χ4n) is 3.95. The summed E-state index contributed by atoms with van der Waals surface area (Å²) in [6, 6.07) is 8.01. The molecule has 1 atom stereocenters. The van der Waals surface area contributed by atoms with Gasteiger partial charge >= 0.3 is 0 Å². The Hall–Kier alpha value is -3.88. The van der Waals surface area contributed by atoms with Gasteiger partial charge in [-0.05, 0) is 37.5 Å². The highest BCUT2D eigenvalue weighted by Gasteiger charge is 2.25. The van der Waals surface area contributed by atoms with Gasteiger partial charge in [0.25, 0.3) is 5.91 Å². The number of carbonyl (C=O) groups excluding carboxylic acids is 2. The van der Waals surface area contributed by atoms with E-state index in [9.17, 15) is 14.4 Å². The zero-order valence-electron chi connectivity index (χ0n) is 19.5. The molecule has 34 heavy (non-hydrogen) atoms. The highest BCUT2D eigenvalue weighted by molar-refractivity contribution is 6.00. The third-order valence-electron chi connectivity index (χ3n) is 5.66. The van der Waals surface area contributed by atoms with Gasteiger partial charge in [0.1, 0.15) is 11.6 Å². The van der Waals surface area contributed by atoms with E-state index in [1.807, 2.05) is 37.5 Å². The van der Waals surface area contributed by atoms with Gasteiger partial charge in [-0.3, -0.25) is 19.4 Å². The summed E-state index contributed by atoms with van der Waals surface area (Å²) in [7, 11) is 0. The highest BCUT2D eigenvalue weighted by atomic mass is 16.7. The standard InChI is InChI=1S/C25H28N4O5/c1-4-29-13-18(23(30)17-10-21-22(11-20(17)29)34-14-33-21)24(31)28-19(9-15(2)3)25(32)27-12-16-7-5-6-8-26-16/h5-8,10-11,13,15,19H,4,9,12,14H2,1-3H3,(H,27,32)(H,28,31). The molecule has 1 unspecified atom stereocenters. The van der Waals surface area contributed by atoms with Crippen LogP contribution in [0.15, 0.2) is 47.5 Å². The summed E-state index contributed by atoms with van der Waals surface area (Å²) in [5.74, 6) is 0.261. The van der Waals surface area contributed by atoms with Gasteiger partial charge in [0, 0.05) is 25.0 Å². The van der Waals surface area contributed by atoms with E-state index in [1.165, 1.54) is 6.20 Å². The van der Waals surface area contributed by atoms with Crippen LogP contribution in [0.25, 0.3) is 10.9 Å². The minimum atomic E-state index is -0.793. The smallest absolute Gasteiger partial charge is 0.257 e. The number of hydrogen-bond donors (Lipinski definition) is 2.